The molecule has 0 amide bonds. The highest BCUT2D eigenvalue weighted by Crippen LogP contribution is 2.26. The van der Waals surface area contributed by atoms with Crippen LogP contribution in [0.2, 0.25) is 0 Å². The van der Waals surface area contributed by atoms with Crippen molar-refractivity contribution < 1.29 is 4.21 Å². The molecule has 0 N–H and O–H groups in total. The topological polar surface area (TPSA) is 17.1 Å². The summed E-state index contributed by atoms with van der Waals surface area (Å²) in [5, 5.41) is 0.426. The normalized spacial score (nSPS) is 37.4. The van der Waals surface area contributed by atoms with Crippen LogP contribution in [0.3, 0.4) is 0 Å². The molecule has 60 valence electrons. The summed E-state index contributed by atoms with van der Waals surface area (Å²) in [4.78, 5) is 0. The van der Waals surface area contributed by atoms with E-state index in [1.54, 1.807) is 6.26 Å². The van der Waals surface area contributed by atoms with Crippen molar-refractivity contribution in [3.63, 3.8) is 0 Å². The van der Waals surface area contributed by atoms with Gasteiger partial charge in [0.25, 0.3) is 0 Å². The maximum absolute atomic E-state index is 11.0. The average Bonchev–Trinajstić information content (AvgIpc) is 1.88. The van der Waals surface area contributed by atoms with Crippen molar-refractivity contribution in [2.75, 3.05) is 6.26 Å². The molecule has 0 aromatic rings. The van der Waals surface area contributed by atoms with Gasteiger partial charge in [-0.25, -0.2) is 0 Å². The molecule has 10 heavy (non-hydrogen) atoms. The summed E-state index contributed by atoms with van der Waals surface area (Å²) in [6, 6.07) is 0. The Hall–Kier alpha value is 0.440. The zero-order valence-electron chi connectivity index (χ0n) is 6.18. The van der Waals surface area contributed by atoms with Crippen molar-refractivity contribution in [3.8, 4) is 0 Å². The highest BCUT2D eigenvalue weighted by molar-refractivity contribution is 7.85. The number of hydrogen-bond donors (Lipinski definition) is 0. The number of rotatable bonds is 1. The van der Waals surface area contributed by atoms with Gasteiger partial charge in [0.05, 0.1) is 5.25 Å². The summed E-state index contributed by atoms with van der Waals surface area (Å²) in [5.41, 5.74) is 0. The monoisotopic (exact) mass is 180 g/mol. The van der Waals surface area contributed by atoms with Crippen molar-refractivity contribution in [1.29, 1.82) is 0 Å². The molecule has 0 aromatic heterocycles. The summed E-state index contributed by atoms with van der Waals surface area (Å²) in [6.07, 6.45) is 6.27. The lowest BCUT2D eigenvalue weighted by Gasteiger charge is -2.24. The van der Waals surface area contributed by atoms with Crippen LogP contribution < -0.4 is 0 Å². The van der Waals surface area contributed by atoms with Gasteiger partial charge in [0, 0.05) is 22.4 Å². The molecule has 3 heteroatoms. The van der Waals surface area contributed by atoms with Gasteiger partial charge in [-0.3, -0.25) is 4.21 Å². The molecule has 0 heterocycles. The summed E-state index contributed by atoms with van der Waals surface area (Å²) in [7, 11) is -0.714. The SMILES string of the molecule is CS(=O)C1CCCCC1Cl. The third-order valence-electron chi connectivity index (χ3n) is 2.05. The fourth-order valence-electron chi connectivity index (χ4n) is 1.43. The molecule has 0 aliphatic heterocycles. The minimum Gasteiger partial charge on any atom is -0.260 e. The van der Waals surface area contributed by atoms with Crippen LogP contribution in [-0.2, 0) is 10.8 Å². The van der Waals surface area contributed by atoms with Crippen LogP contribution in [0, 0.1) is 0 Å². The molecule has 1 fully saturated rings. The van der Waals surface area contributed by atoms with E-state index >= 15 is 0 Å². The third kappa shape index (κ3) is 1.96. The van der Waals surface area contributed by atoms with Crippen LogP contribution in [0.15, 0.2) is 0 Å². The Morgan fingerprint density at radius 1 is 1.40 bits per heavy atom. The van der Waals surface area contributed by atoms with E-state index in [4.69, 9.17) is 11.6 Å². The van der Waals surface area contributed by atoms with Crippen molar-refractivity contribution in [1.82, 2.24) is 0 Å². The van der Waals surface area contributed by atoms with E-state index in [0.717, 1.165) is 12.8 Å². The van der Waals surface area contributed by atoms with Gasteiger partial charge in [0.2, 0.25) is 0 Å². The molecule has 1 saturated carbocycles. The number of alkyl halides is 1. The van der Waals surface area contributed by atoms with Gasteiger partial charge in [-0.2, -0.15) is 0 Å². The Labute approximate surface area is 69.6 Å². The van der Waals surface area contributed by atoms with Crippen molar-refractivity contribution in [2.45, 2.75) is 36.3 Å². The van der Waals surface area contributed by atoms with E-state index in [1.807, 2.05) is 0 Å². The summed E-state index contributed by atoms with van der Waals surface area (Å²) >= 11 is 5.98. The van der Waals surface area contributed by atoms with E-state index in [9.17, 15) is 4.21 Å². The van der Waals surface area contributed by atoms with E-state index in [-0.39, 0.29) is 10.6 Å². The molecule has 0 spiro atoms. The smallest absolute Gasteiger partial charge is 0.0508 e. The van der Waals surface area contributed by atoms with Gasteiger partial charge in [-0.1, -0.05) is 12.8 Å². The Kier molecular flexibility index (Phi) is 3.18. The highest BCUT2D eigenvalue weighted by atomic mass is 35.5. The zero-order valence-corrected chi connectivity index (χ0v) is 7.75. The van der Waals surface area contributed by atoms with Gasteiger partial charge in [0.15, 0.2) is 0 Å². The van der Waals surface area contributed by atoms with Crippen molar-refractivity contribution >= 4 is 22.4 Å². The molecule has 0 saturated heterocycles. The maximum atomic E-state index is 11.0. The standard InChI is InChI=1S/C7H13ClOS/c1-10(9)7-5-3-2-4-6(7)8/h6-7H,2-5H2,1H3. The van der Waals surface area contributed by atoms with Gasteiger partial charge in [-0.05, 0) is 12.8 Å². The third-order valence-corrected chi connectivity index (χ3v) is 4.14. The predicted octanol–water partition coefficient (Wildman–Crippen LogP) is 1.91. The second-order valence-corrected chi connectivity index (χ2v) is 5.00. The molecule has 0 radical (unpaired) electrons. The summed E-state index contributed by atoms with van der Waals surface area (Å²) < 4.78 is 11.0. The first-order valence-corrected chi connectivity index (χ1v) is 5.74. The molecular formula is C7H13ClOS. The van der Waals surface area contributed by atoms with Crippen LogP contribution in [-0.4, -0.2) is 21.1 Å². The lowest BCUT2D eigenvalue weighted by molar-refractivity contribution is 0.512. The highest BCUT2D eigenvalue weighted by Gasteiger charge is 2.25. The molecule has 3 atom stereocenters. The largest absolute Gasteiger partial charge is 0.260 e. The Balaban J connectivity index is 2.47. The lowest BCUT2D eigenvalue weighted by Crippen LogP contribution is -2.28. The maximum Gasteiger partial charge on any atom is 0.0508 e. The van der Waals surface area contributed by atoms with Gasteiger partial charge in [-0.15, -0.1) is 11.6 Å². The second kappa shape index (κ2) is 3.72. The van der Waals surface area contributed by atoms with Gasteiger partial charge in [0.1, 0.15) is 0 Å². The Bertz CT molecular complexity index is 138. The Morgan fingerprint density at radius 3 is 2.40 bits per heavy atom. The quantitative estimate of drug-likeness (QED) is 0.564. The molecule has 1 rings (SSSR count). The minimum atomic E-state index is -0.714. The molecule has 0 aromatic carbocycles. The molecule has 3 unspecified atom stereocenters. The van der Waals surface area contributed by atoms with E-state index < -0.39 is 10.8 Å². The first-order chi connectivity index (χ1) is 4.72. The average molecular weight is 181 g/mol. The number of hydrogen-bond acceptors (Lipinski definition) is 1. The predicted molar refractivity (Wildman–Crippen MR) is 46.0 cm³/mol. The molecule has 1 aliphatic rings. The first kappa shape index (κ1) is 8.54. The molecular weight excluding hydrogens is 168 g/mol. The van der Waals surface area contributed by atoms with Crippen LogP contribution >= 0.6 is 11.6 Å². The van der Waals surface area contributed by atoms with E-state index in [1.165, 1.54) is 12.8 Å². The van der Waals surface area contributed by atoms with Crippen molar-refractivity contribution in [3.05, 3.63) is 0 Å². The van der Waals surface area contributed by atoms with Crippen molar-refractivity contribution in [2.24, 2.45) is 0 Å². The van der Waals surface area contributed by atoms with Gasteiger partial charge >= 0.3 is 0 Å². The van der Waals surface area contributed by atoms with E-state index in [0.29, 0.717) is 0 Å². The molecule has 1 aliphatic carbocycles. The van der Waals surface area contributed by atoms with Crippen LogP contribution in [0.1, 0.15) is 25.7 Å². The van der Waals surface area contributed by atoms with Gasteiger partial charge < -0.3 is 0 Å². The number of halogens is 1. The Morgan fingerprint density at radius 2 is 2.00 bits per heavy atom. The summed E-state index contributed by atoms with van der Waals surface area (Å²) in [5.74, 6) is 0. The van der Waals surface area contributed by atoms with Crippen LogP contribution in [0.4, 0.5) is 0 Å². The fraction of sp³-hybridized carbons (Fsp3) is 1.00. The van der Waals surface area contributed by atoms with E-state index in [2.05, 4.69) is 0 Å². The minimum absolute atomic E-state index is 0.166. The first-order valence-electron chi connectivity index (χ1n) is 3.68. The summed E-state index contributed by atoms with van der Waals surface area (Å²) in [6.45, 7) is 0. The molecule has 1 nitrogen and oxygen atoms in total. The van der Waals surface area contributed by atoms with Crippen LogP contribution in [0.25, 0.3) is 0 Å². The second-order valence-electron chi connectivity index (χ2n) is 2.84. The molecule has 0 bridgehead atoms. The fourth-order valence-corrected chi connectivity index (χ4v) is 3.19. The lowest BCUT2D eigenvalue weighted by atomic mass is 10.00. The zero-order chi connectivity index (χ0) is 7.56. The van der Waals surface area contributed by atoms with Crippen LogP contribution in [0.5, 0.6) is 0 Å².